The van der Waals surface area contributed by atoms with Gasteiger partial charge in [-0.15, -0.1) is 5.10 Å². The second-order valence-corrected chi connectivity index (χ2v) is 5.08. The average Bonchev–Trinajstić information content (AvgIpc) is 2.75. The minimum Gasteiger partial charge on any atom is -0.370 e. The van der Waals surface area contributed by atoms with Crippen molar-refractivity contribution >= 4 is 17.6 Å². The topological polar surface area (TPSA) is 75.6 Å². The largest absolute Gasteiger partial charge is 0.370 e. The molecule has 0 aliphatic rings. The molecule has 6 nitrogen and oxygen atoms in total. The molecule has 0 unspecified atom stereocenters. The Labute approximate surface area is 115 Å². The minimum atomic E-state index is -0.195. The second kappa shape index (κ2) is 6.42. The quantitative estimate of drug-likeness (QED) is 0.786. The van der Waals surface area contributed by atoms with E-state index >= 15 is 0 Å². The Bertz CT molecular complexity index is 575. The summed E-state index contributed by atoms with van der Waals surface area (Å²) < 4.78 is 1.50. The predicted octanol–water partition coefficient (Wildman–Crippen LogP) is 1.62. The van der Waals surface area contributed by atoms with E-state index in [9.17, 15) is 4.79 Å². The van der Waals surface area contributed by atoms with Gasteiger partial charge in [0.05, 0.1) is 0 Å². The fourth-order valence-electron chi connectivity index (χ4n) is 1.48. The highest BCUT2D eigenvalue weighted by Crippen LogP contribution is 2.19. The lowest BCUT2D eigenvalue weighted by molar-refractivity contribution is 0.765. The summed E-state index contributed by atoms with van der Waals surface area (Å²) in [6, 6.07) is 4.00. The molecule has 0 saturated heterocycles. The third-order valence-corrected chi connectivity index (χ3v) is 3.69. The number of aromatic nitrogens is 4. The molecule has 2 aromatic heterocycles. The second-order valence-electron chi connectivity index (χ2n) is 4.14. The third-order valence-electron chi connectivity index (χ3n) is 2.59. The first kappa shape index (κ1) is 13.7. The molecule has 2 aromatic rings. The zero-order valence-electron chi connectivity index (χ0n) is 11.0. The van der Waals surface area contributed by atoms with Crippen LogP contribution in [0.1, 0.15) is 18.9 Å². The average molecular weight is 279 g/mol. The number of H-pyrrole nitrogens is 1. The number of nitrogens with one attached hydrogen (secondary N) is 2. The maximum atomic E-state index is 11.2. The standard InChI is InChI=1S/C12H17N5OS/c1-3-6-13-10-5-4-9(7-14-10)8-19-12-16-15-11(18)17(12)2/h4-5,7H,3,6,8H2,1-2H3,(H,13,14)(H,15,18). The van der Waals surface area contributed by atoms with E-state index in [4.69, 9.17) is 0 Å². The fourth-order valence-corrected chi connectivity index (χ4v) is 2.33. The number of pyridine rings is 1. The van der Waals surface area contributed by atoms with Crippen molar-refractivity contribution in [1.29, 1.82) is 0 Å². The van der Waals surface area contributed by atoms with Gasteiger partial charge in [0, 0.05) is 25.5 Å². The van der Waals surface area contributed by atoms with E-state index in [2.05, 4.69) is 27.4 Å². The SMILES string of the molecule is CCCNc1ccc(CSc2n[nH]c(=O)n2C)cn1. The van der Waals surface area contributed by atoms with Gasteiger partial charge in [-0.1, -0.05) is 24.8 Å². The summed E-state index contributed by atoms with van der Waals surface area (Å²) in [5.41, 5.74) is 0.905. The third kappa shape index (κ3) is 3.60. The van der Waals surface area contributed by atoms with Gasteiger partial charge in [-0.05, 0) is 18.1 Å². The molecule has 7 heteroatoms. The van der Waals surface area contributed by atoms with Crippen LogP contribution in [0.15, 0.2) is 28.3 Å². The number of aromatic amines is 1. The summed E-state index contributed by atoms with van der Waals surface area (Å²) in [7, 11) is 1.70. The number of hydrogen-bond donors (Lipinski definition) is 2. The van der Waals surface area contributed by atoms with Gasteiger partial charge < -0.3 is 5.32 Å². The Kier molecular flexibility index (Phi) is 4.62. The van der Waals surface area contributed by atoms with Gasteiger partial charge >= 0.3 is 5.69 Å². The van der Waals surface area contributed by atoms with Crippen LogP contribution in [0.2, 0.25) is 0 Å². The van der Waals surface area contributed by atoms with Crippen molar-refractivity contribution in [3.05, 3.63) is 34.4 Å². The highest BCUT2D eigenvalue weighted by Gasteiger charge is 2.05. The highest BCUT2D eigenvalue weighted by atomic mass is 32.2. The maximum absolute atomic E-state index is 11.2. The molecule has 0 atom stereocenters. The molecule has 0 amide bonds. The normalized spacial score (nSPS) is 10.6. The summed E-state index contributed by atoms with van der Waals surface area (Å²) in [6.07, 6.45) is 2.92. The summed E-state index contributed by atoms with van der Waals surface area (Å²) >= 11 is 1.50. The number of rotatable bonds is 6. The van der Waals surface area contributed by atoms with E-state index < -0.39 is 0 Å². The lowest BCUT2D eigenvalue weighted by atomic mass is 10.3. The van der Waals surface area contributed by atoms with Crippen LogP contribution in [-0.2, 0) is 12.8 Å². The maximum Gasteiger partial charge on any atom is 0.343 e. The Morgan fingerprint density at radius 3 is 2.89 bits per heavy atom. The molecule has 2 rings (SSSR count). The Balaban J connectivity index is 1.93. The van der Waals surface area contributed by atoms with Crippen LogP contribution in [-0.4, -0.2) is 26.3 Å². The molecule has 0 spiro atoms. The van der Waals surface area contributed by atoms with Crippen LogP contribution in [0.25, 0.3) is 0 Å². The number of hydrogen-bond acceptors (Lipinski definition) is 5. The van der Waals surface area contributed by atoms with Crippen molar-refractivity contribution in [2.75, 3.05) is 11.9 Å². The Morgan fingerprint density at radius 2 is 2.32 bits per heavy atom. The van der Waals surface area contributed by atoms with Crippen molar-refractivity contribution in [3.8, 4) is 0 Å². The van der Waals surface area contributed by atoms with E-state index in [0.717, 1.165) is 30.1 Å². The molecule has 102 valence electrons. The van der Waals surface area contributed by atoms with Crippen LogP contribution in [0.4, 0.5) is 5.82 Å². The van der Waals surface area contributed by atoms with Crippen molar-refractivity contribution in [3.63, 3.8) is 0 Å². The molecule has 0 aromatic carbocycles. The van der Waals surface area contributed by atoms with Gasteiger partial charge in [0.25, 0.3) is 0 Å². The van der Waals surface area contributed by atoms with Gasteiger partial charge in [0.1, 0.15) is 5.82 Å². The molecule has 0 fully saturated rings. The van der Waals surface area contributed by atoms with Crippen LogP contribution < -0.4 is 11.0 Å². The summed E-state index contributed by atoms with van der Waals surface area (Å²) in [4.78, 5) is 15.5. The molecule has 0 saturated carbocycles. The first-order valence-corrected chi connectivity index (χ1v) is 7.12. The lowest BCUT2D eigenvalue weighted by Crippen LogP contribution is -2.12. The first-order valence-electron chi connectivity index (χ1n) is 6.13. The Hall–Kier alpha value is -1.76. The van der Waals surface area contributed by atoms with Gasteiger partial charge in [0.15, 0.2) is 5.16 Å². The minimum absolute atomic E-state index is 0.195. The molecule has 0 aliphatic heterocycles. The van der Waals surface area contributed by atoms with E-state index in [0.29, 0.717) is 5.16 Å². The van der Waals surface area contributed by atoms with Crippen LogP contribution in [0.5, 0.6) is 0 Å². The van der Waals surface area contributed by atoms with Crippen LogP contribution >= 0.6 is 11.8 Å². The summed E-state index contributed by atoms with van der Waals surface area (Å²) in [5.74, 6) is 1.63. The van der Waals surface area contributed by atoms with E-state index in [1.165, 1.54) is 16.3 Å². The smallest absolute Gasteiger partial charge is 0.343 e. The monoisotopic (exact) mass is 279 g/mol. The molecule has 2 heterocycles. The molecule has 0 bridgehead atoms. The fraction of sp³-hybridized carbons (Fsp3) is 0.417. The number of nitrogens with zero attached hydrogens (tertiary/aromatic N) is 3. The predicted molar refractivity (Wildman–Crippen MR) is 76.4 cm³/mol. The molecule has 0 radical (unpaired) electrons. The van der Waals surface area contributed by atoms with Gasteiger partial charge in [-0.25, -0.2) is 14.9 Å². The highest BCUT2D eigenvalue weighted by molar-refractivity contribution is 7.98. The van der Waals surface area contributed by atoms with Crippen LogP contribution in [0.3, 0.4) is 0 Å². The van der Waals surface area contributed by atoms with Gasteiger partial charge in [-0.2, -0.15) is 0 Å². The van der Waals surface area contributed by atoms with Crippen molar-refractivity contribution in [2.24, 2.45) is 7.05 Å². The first-order chi connectivity index (χ1) is 9.20. The van der Waals surface area contributed by atoms with Crippen LogP contribution in [0, 0.1) is 0 Å². The zero-order chi connectivity index (χ0) is 13.7. The molecule has 2 N–H and O–H groups in total. The lowest BCUT2D eigenvalue weighted by Gasteiger charge is -2.05. The van der Waals surface area contributed by atoms with Gasteiger partial charge in [-0.3, -0.25) is 4.57 Å². The molecular weight excluding hydrogens is 262 g/mol. The van der Waals surface area contributed by atoms with Crippen molar-refractivity contribution in [2.45, 2.75) is 24.3 Å². The number of anilines is 1. The van der Waals surface area contributed by atoms with E-state index in [1.807, 2.05) is 18.3 Å². The molecule has 0 aliphatic carbocycles. The van der Waals surface area contributed by atoms with E-state index in [-0.39, 0.29) is 5.69 Å². The van der Waals surface area contributed by atoms with Crippen molar-refractivity contribution in [1.82, 2.24) is 19.7 Å². The van der Waals surface area contributed by atoms with E-state index in [1.54, 1.807) is 7.05 Å². The zero-order valence-corrected chi connectivity index (χ0v) is 11.8. The molecule has 19 heavy (non-hydrogen) atoms. The summed E-state index contributed by atoms with van der Waals surface area (Å²) in [5, 5.41) is 10.3. The van der Waals surface area contributed by atoms with Crippen molar-refractivity contribution < 1.29 is 0 Å². The summed E-state index contributed by atoms with van der Waals surface area (Å²) in [6.45, 7) is 3.04. The Morgan fingerprint density at radius 1 is 1.47 bits per heavy atom. The number of thioether (sulfide) groups is 1. The molecular formula is C12H17N5OS. The van der Waals surface area contributed by atoms with Gasteiger partial charge in [0.2, 0.25) is 0 Å².